The molecular weight excluding hydrogens is 504 g/mol. The molecule has 0 saturated heterocycles. The molecular formula is C33H26N2O5. The monoisotopic (exact) mass is 530 g/mol. The number of carbonyl (C=O) groups is 3. The van der Waals surface area contributed by atoms with E-state index in [4.69, 9.17) is 9.57 Å². The van der Waals surface area contributed by atoms with Crippen LogP contribution in [0.15, 0.2) is 96.7 Å². The normalized spacial score (nSPS) is 12.8. The second-order valence-corrected chi connectivity index (χ2v) is 9.74. The molecule has 7 heteroatoms. The van der Waals surface area contributed by atoms with E-state index in [1.807, 2.05) is 73.7 Å². The van der Waals surface area contributed by atoms with E-state index < -0.39 is 5.97 Å². The lowest BCUT2D eigenvalue weighted by Gasteiger charge is -2.11. The van der Waals surface area contributed by atoms with Crippen LogP contribution in [0.1, 0.15) is 44.3 Å². The molecule has 0 bridgehead atoms. The minimum atomic E-state index is -0.565. The van der Waals surface area contributed by atoms with Crippen LogP contribution in [0.3, 0.4) is 0 Å². The average Bonchev–Trinajstić information content (AvgIpc) is 3.17. The van der Waals surface area contributed by atoms with Crippen LogP contribution in [-0.2, 0) is 16.2 Å². The summed E-state index contributed by atoms with van der Waals surface area (Å²) in [6.07, 6.45) is 1.55. The Morgan fingerprint density at radius 3 is 2.48 bits per heavy atom. The quantitative estimate of drug-likeness (QED) is 0.217. The van der Waals surface area contributed by atoms with E-state index in [9.17, 15) is 14.4 Å². The van der Waals surface area contributed by atoms with Gasteiger partial charge in [-0.15, -0.1) is 0 Å². The number of ether oxygens (including phenoxy) is 1. The maximum Gasteiger partial charge on any atom is 0.329 e. The summed E-state index contributed by atoms with van der Waals surface area (Å²) in [5.41, 5.74) is 7.92. The summed E-state index contributed by atoms with van der Waals surface area (Å²) >= 11 is 0. The average molecular weight is 531 g/mol. The van der Waals surface area contributed by atoms with Gasteiger partial charge in [-0.1, -0.05) is 54.6 Å². The smallest absolute Gasteiger partial charge is 0.329 e. The van der Waals surface area contributed by atoms with Gasteiger partial charge in [0, 0.05) is 35.5 Å². The number of hydrogen-bond donors (Lipinski definition) is 1. The molecule has 0 radical (unpaired) electrons. The molecule has 4 aromatic carbocycles. The molecule has 198 valence electrons. The first-order chi connectivity index (χ1) is 19.4. The minimum Gasteiger partial charge on any atom is -0.488 e. The first-order valence-corrected chi connectivity index (χ1v) is 13.0. The van der Waals surface area contributed by atoms with Crippen LogP contribution >= 0.6 is 0 Å². The number of hydrogen-bond acceptors (Lipinski definition) is 6. The van der Waals surface area contributed by atoms with Crippen LogP contribution in [0.25, 0.3) is 21.8 Å². The number of ketones is 2. The van der Waals surface area contributed by atoms with Gasteiger partial charge in [-0.25, -0.2) is 5.48 Å². The van der Waals surface area contributed by atoms with Crippen molar-refractivity contribution in [3.63, 3.8) is 0 Å². The first-order valence-electron chi connectivity index (χ1n) is 13.0. The number of aromatic nitrogens is 1. The number of allylic oxidation sites excluding steroid dienone is 1. The van der Waals surface area contributed by atoms with Gasteiger partial charge in [-0.05, 0) is 54.5 Å². The molecule has 0 saturated carbocycles. The molecule has 1 aliphatic heterocycles. The number of aryl methyl sites for hydroxylation is 1. The highest BCUT2D eigenvalue weighted by Gasteiger charge is 2.26. The fourth-order valence-corrected chi connectivity index (χ4v) is 5.21. The van der Waals surface area contributed by atoms with Crippen molar-refractivity contribution in [1.29, 1.82) is 0 Å². The van der Waals surface area contributed by atoms with Crippen molar-refractivity contribution in [1.82, 2.24) is 10.0 Å². The van der Waals surface area contributed by atoms with Gasteiger partial charge in [0.1, 0.15) is 18.1 Å². The highest BCUT2D eigenvalue weighted by molar-refractivity contribution is 6.20. The van der Waals surface area contributed by atoms with E-state index in [0.717, 1.165) is 32.9 Å². The third kappa shape index (κ3) is 4.41. The van der Waals surface area contributed by atoms with Crippen LogP contribution in [0.5, 0.6) is 5.75 Å². The summed E-state index contributed by atoms with van der Waals surface area (Å²) in [6.45, 7) is 3.86. The topological polar surface area (TPSA) is 86.6 Å². The lowest BCUT2D eigenvalue weighted by Crippen LogP contribution is -2.23. The Kier molecular flexibility index (Phi) is 6.40. The van der Waals surface area contributed by atoms with Crippen molar-refractivity contribution in [3.8, 4) is 5.75 Å². The number of fused-ring (bicyclic) bond motifs is 5. The van der Waals surface area contributed by atoms with Crippen molar-refractivity contribution >= 4 is 39.3 Å². The van der Waals surface area contributed by atoms with E-state index in [1.165, 1.54) is 6.92 Å². The second kappa shape index (κ2) is 10.2. The number of benzene rings is 4. The zero-order valence-corrected chi connectivity index (χ0v) is 22.1. The first kappa shape index (κ1) is 25.1. The third-order valence-corrected chi connectivity index (χ3v) is 7.13. The van der Waals surface area contributed by atoms with Crippen molar-refractivity contribution in [2.45, 2.75) is 20.4 Å². The summed E-state index contributed by atoms with van der Waals surface area (Å²) in [5, 5.41) is 1.56. The molecule has 5 aromatic rings. The number of Topliss-reactive ketones (excluding diaryl/α,β-unsaturated/α-hetero) is 1. The number of nitrogens with zero attached hydrogens (tertiary/aromatic N) is 1. The van der Waals surface area contributed by atoms with Crippen molar-refractivity contribution in [3.05, 3.63) is 125 Å². The molecule has 6 rings (SSSR count). The SMILES string of the molecule is CC(=O)ONC1=CCOc2c(ccc3c2c2cc(C(=O)c4ccccc4C)ccc2n3Cc2ccccc2)C1=O. The van der Waals surface area contributed by atoms with Gasteiger partial charge < -0.3 is 14.1 Å². The fraction of sp³-hybridized carbons (Fsp3) is 0.121. The maximum absolute atomic E-state index is 13.6. The molecule has 2 heterocycles. The minimum absolute atomic E-state index is 0.0718. The summed E-state index contributed by atoms with van der Waals surface area (Å²) in [7, 11) is 0. The van der Waals surface area contributed by atoms with E-state index in [0.29, 0.717) is 29.0 Å². The van der Waals surface area contributed by atoms with Gasteiger partial charge in [-0.3, -0.25) is 14.4 Å². The Balaban J connectivity index is 1.56. The largest absolute Gasteiger partial charge is 0.488 e. The summed E-state index contributed by atoms with van der Waals surface area (Å²) < 4.78 is 8.34. The maximum atomic E-state index is 13.6. The van der Waals surface area contributed by atoms with Gasteiger partial charge in [-0.2, -0.15) is 0 Å². The number of nitrogens with one attached hydrogen (secondary N) is 1. The lowest BCUT2D eigenvalue weighted by molar-refractivity contribution is -0.146. The van der Waals surface area contributed by atoms with Gasteiger partial charge in [0.2, 0.25) is 5.78 Å². The molecule has 0 amide bonds. The molecule has 0 aliphatic carbocycles. The van der Waals surface area contributed by atoms with Crippen molar-refractivity contribution in [2.24, 2.45) is 0 Å². The van der Waals surface area contributed by atoms with Crippen LogP contribution < -0.4 is 10.2 Å². The zero-order valence-electron chi connectivity index (χ0n) is 22.1. The van der Waals surface area contributed by atoms with Crippen LogP contribution in [0.4, 0.5) is 0 Å². The molecule has 0 fully saturated rings. The Morgan fingerprint density at radius 2 is 1.70 bits per heavy atom. The predicted molar refractivity (Wildman–Crippen MR) is 152 cm³/mol. The Morgan fingerprint density at radius 1 is 0.950 bits per heavy atom. The molecule has 1 N–H and O–H groups in total. The molecule has 0 unspecified atom stereocenters. The van der Waals surface area contributed by atoms with E-state index in [-0.39, 0.29) is 23.9 Å². The zero-order chi connectivity index (χ0) is 27.8. The Hall–Kier alpha value is -5.17. The second-order valence-electron chi connectivity index (χ2n) is 9.74. The van der Waals surface area contributed by atoms with Crippen molar-refractivity contribution < 1.29 is 24.0 Å². The van der Waals surface area contributed by atoms with Crippen LogP contribution in [0.2, 0.25) is 0 Å². The summed E-state index contributed by atoms with van der Waals surface area (Å²) in [6, 6.07) is 27.0. The van der Waals surface area contributed by atoms with Crippen LogP contribution in [-0.4, -0.2) is 28.7 Å². The molecule has 1 aromatic heterocycles. The third-order valence-electron chi connectivity index (χ3n) is 7.13. The summed E-state index contributed by atoms with van der Waals surface area (Å²) in [5.74, 6) is -0.565. The molecule has 7 nitrogen and oxygen atoms in total. The van der Waals surface area contributed by atoms with Crippen LogP contribution in [0, 0.1) is 6.92 Å². The molecule has 0 spiro atoms. The van der Waals surface area contributed by atoms with E-state index in [2.05, 4.69) is 22.2 Å². The Bertz CT molecular complexity index is 1850. The summed E-state index contributed by atoms with van der Waals surface area (Å²) in [4.78, 5) is 43.2. The van der Waals surface area contributed by atoms with Gasteiger partial charge in [0.15, 0.2) is 5.78 Å². The lowest BCUT2D eigenvalue weighted by atomic mass is 9.97. The van der Waals surface area contributed by atoms with E-state index >= 15 is 0 Å². The van der Waals surface area contributed by atoms with Gasteiger partial charge in [0.25, 0.3) is 0 Å². The molecule has 40 heavy (non-hydrogen) atoms. The standard InChI is InChI=1S/C33H26N2O5/c1-20-8-6-7-11-24(20)31(37)23-12-14-28-26(18-23)30-29(35(28)19-22-9-4-3-5-10-22)15-13-25-32(38)27(34-40-21(2)36)16-17-39-33(25)30/h3-16,18,34H,17,19H2,1-2H3. The molecule has 0 atom stereocenters. The number of rotatable bonds is 6. The fourth-order valence-electron chi connectivity index (χ4n) is 5.21. The molecule has 1 aliphatic rings. The van der Waals surface area contributed by atoms with Gasteiger partial charge >= 0.3 is 5.97 Å². The highest BCUT2D eigenvalue weighted by atomic mass is 16.7. The van der Waals surface area contributed by atoms with Crippen molar-refractivity contribution in [2.75, 3.05) is 6.61 Å². The predicted octanol–water partition coefficient (Wildman–Crippen LogP) is 5.91. The van der Waals surface area contributed by atoms with Gasteiger partial charge in [0.05, 0.1) is 16.5 Å². The number of carbonyl (C=O) groups excluding carboxylic acids is 3. The highest BCUT2D eigenvalue weighted by Crippen LogP contribution is 2.40. The Labute approximate surface area is 230 Å². The number of hydroxylamine groups is 1. The van der Waals surface area contributed by atoms with E-state index in [1.54, 1.807) is 12.1 Å².